The monoisotopic (exact) mass is 342 g/mol. The number of carbonyl (C=O) groups excluding carboxylic acids is 2. The minimum absolute atomic E-state index is 0.0304. The molecule has 1 spiro atoms. The van der Waals surface area contributed by atoms with Crippen molar-refractivity contribution in [3.63, 3.8) is 0 Å². The molecule has 0 bridgehead atoms. The van der Waals surface area contributed by atoms with E-state index in [1.165, 1.54) is 17.5 Å². The van der Waals surface area contributed by atoms with Gasteiger partial charge < -0.3 is 10.2 Å². The molecule has 25 heavy (non-hydrogen) atoms. The van der Waals surface area contributed by atoms with Crippen LogP contribution in [-0.2, 0) is 16.0 Å². The van der Waals surface area contributed by atoms with E-state index in [-0.39, 0.29) is 23.9 Å². The molecule has 1 aliphatic carbocycles. The van der Waals surface area contributed by atoms with Gasteiger partial charge in [-0.1, -0.05) is 49.1 Å². The Balaban J connectivity index is 1.64. The SMILES string of the molecule is Cc1cccc(CCNC(=O)C2N(C(C)C)C(=O)C23CCCCC3)c1. The van der Waals surface area contributed by atoms with Crippen molar-refractivity contribution in [2.45, 2.75) is 71.4 Å². The van der Waals surface area contributed by atoms with Crippen LogP contribution in [0.15, 0.2) is 24.3 Å². The first-order valence-corrected chi connectivity index (χ1v) is 9.62. The third kappa shape index (κ3) is 3.31. The van der Waals surface area contributed by atoms with E-state index >= 15 is 0 Å². The van der Waals surface area contributed by atoms with Gasteiger partial charge in [-0.3, -0.25) is 9.59 Å². The summed E-state index contributed by atoms with van der Waals surface area (Å²) in [4.78, 5) is 27.5. The van der Waals surface area contributed by atoms with Gasteiger partial charge in [0.1, 0.15) is 6.04 Å². The van der Waals surface area contributed by atoms with Crippen molar-refractivity contribution in [1.82, 2.24) is 10.2 Å². The predicted molar refractivity (Wildman–Crippen MR) is 99.2 cm³/mol. The fourth-order valence-corrected chi connectivity index (χ4v) is 4.57. The van der Waals surface area contributed by atoms with E-state index in [1.807, 2.05) is 13.8 Å². The highest BCUT2D eigenvalue weighted by molar-refractivity contribution is 6.02. The van der Waals surface area contributed by atoms with Gasteiger partial charge >= 0.3 is 0 Å². The number of nitrogens with one attached hydrogen (secondary N) is 1. The van der Waals surface area contributed by atoms with Gasteiger partial charge in [-0.05, 0) is 45.6 Å². The molecule has 1 N–H and O–H groups in total. The average molecular weight is 342 g/mol. The second-order valence-corrected chi connectivity index (χ2v) is 7.96. The van der Waals surface area contributed by atoms with Gasteiger partial charge in [0.05, 0.1) is 5.41 Å². The lowest BCUT2D eigenvalue weighted by Gasteiger charge is -2.58. The van der Waals surface area contributed by atoms with Crippen molar-refractivity contribution in [3.05, 3.63) is 35.4 Å². The second kappa shape index (κ2) is 7.19. The summed E-state index contributed by atoms with van der Waals surface area (Å²) in [6.07, 6.45) is 5.85. The molecule has 1 heterocycles. The first kappa shape index (κ1) is 18.0. The zero-order chi connectivity index (χ0) is 18.0. The van der Waals surface area contributed by atoms with E-state index in [1.54, 1.807) is 4.90 Å². The van der Waals surface area contributed by atoms with Crippen LogP contribution in [-0.4, -0.2) is 35.3 Å². The number of amides is 2. The Morgan fingerprint density at radius 2 is 2.00 bits per heavy atom. The summed E-state index contributed by atoms with van der Waals surface area (Å²) in [5, 5.41) is 3.10. The van der Waals surface area contributed by atoms with Gasteiger partial charge in [0.25, 0.3) is 0 Å². The van der Waals surface area contributed by atoms with Gasteiger partial charge in [0.2, 0.25) is 11.8 Å². The second-order valence-electron chi connectivity index (χ2n) is 7.96. The number of nitrogens with zero attached hydrogens (tertiary/aromatic N) is 1. The van der Waals surface area contributed by atoms with Crippen LogP contribution in [0.4, 0.5) is 0 Å². The third-order valence-electron chi connectivity index (χ3n) is 5.81. The van der Waals surface area contributed by atoms with Crippen LogP contribution in [0.3, 0.4) is 0 Å². The minimum Gasteiger partial charge on any atom is -0.354 e. The molecule has 4 nitrogen and oxygen atoms in total. The summed E-state index contributed by atoms with van der Waals surface area (Å²) >= 11 is 0. The van der Waals surface area contributed by atoms with Crippen LogP contribution >= 0.6 is 0 Å². The highest BCUT2D eigenvalue weighted by Crippen LogP contribution is 2.50. The highest BCUT2D eigenvalue weighted by atomic mass is 16.2. The molecule has 1 aromatic rings. The number of benzene rings is 1. The van der Waals surface area contributed by atoms with Crippen molar-refractivity contribution in [2.75, 3.05) is 6.54 Å². The quantitative estimate of drug-likeness (QED) is 0.835. The van der Waals surface area contributed by atoms with Crippen LogP contribution in [0, 0.1) is 12.3 Å². The minimum atomic E-state index is -0.421. The number of likely N-dealkylation sites (tertiary alicyclic amines) is 1. The van der Waals surface area contributed by atoms with Crippen LogP contribution in [0.25, 0.3) is 0 Å². The van der Waals surface area contributed by atoms with E-state index in [0.717, 1.165) is 32.1 Å². The summed E-state index contributed by atoms with van der Waals surface area (Å²) in [6, 6.07) is 8.17. The van der Waals surface area contributed by atoms with Crippen LogP contribution in [0.5, 0.6) is 0 Å². The number of hydrogen-bond acceptors (Lipinski definition) is 2. The molecule has 1 saturated heterocycles. The number of hydrogen-bond donors (Lipinski definition) is 1. The van der Waals surface area contributed by atoms with Gasteiger partial charge in [-0.15, -0.1) is 0 Å². The lowest BCUT2D eigenvalue weighted by Crippen LogP contribution is -2.75. The zero-order valence-corrected chi connectivity index (χ0v) is 15.7. The summed E-state index contributed by atoms with van der Waals surface area (Å²) in [5.41, 5.74) is 2.05. The molecule has 4 heteroatoms. The first-order valence-electron chi connectivity index (χ1n) is 9.62. The Morgan fingerprint density at radius 1 is 1.28 bits per heavy atom. The molecule has 0 aromatic heterocycles. The topological polar surface area (TPSA) is 49.4 Å². The van der Waals surface area contributed by atoms with E-state index in [9.17, 15) is 9.59 Å². The van der Waals surface area contributed by atoms with E-state index < -0.39 is 5.41 Å². The Kier molecular flexibility index (Phi) is 5.16. The summed E-state index contributed by atoms with van der Waals surface area (Å²) < 4.78 is 0. The van der Waals surface area contributed by atoms with Crippen molar-refractivity contribution in [2.24, 2.45) is 5.41 Å². The number of carbonyl (C=O) groups is 2. The van der Waals surface area contributed by atoms with Gasteiger partial charge in [-0.2, -0.15) is 0 Å². The lowest BCUT2D eigenvalue weighted by atomic mass is 9.61. The van der Waals surface area contributed by atoms with Gasteiger partial charge in [0, 0.05) is 12.6 Å². The maximum absolute atomic E-state index is 12.9. The molecule has 1 unspecified atom stereocenters. The van der Waals surface area contributed by atoms with Crippen LogP contribution in [0.2, 0.25) is 0 Å². The Labute approximate surface area is 151 Å². The molecule has 2 amide bonds. The van der Waals surface area contributed by atoms with Gasteiger partial charge in [-0.25, -0.2) is 0 Å². The summed E-state index contributed by atoms with van der Waals surface area (Å²) in [6.45, 7) is 6.70. The maximum atomic E-state index is 12.9. The van der Waals surface area contributed by atoms with Crippen molar-refractivity contribution < 1.29 is 9.59 Å². The Bertz CT molecular complexity index is 647. The summed E-state index contributed by atoms with van der Waals surface area (Å²) in [5.74, 6) is 0.226. The van der Waals surface area contributed by atoms with Crippen molar-refractivity contribution >= 4 is 11.8 Å². The Morgan fingerprint density at radius 3 is 2.64 bits per heavy atom. The molecule has 136 valence electrons. The third-order valence-corrected chi connectivity index (χ3v) is 5.81. The lowest BCUT2D eigenvalue weighted by molar-refractivity contribution is -0.185. The molecule has 2 fully saturated rings. The molecule has 1 atom stereocenters. The number of rotatable bonds is 5. The van der Waals surface area contributed by atoms with E-state index in [2.05, 4.69) is 36.5 Å². The molecule has 2 aliphatic rings. The predicted octanol–water partition coefficient (Wildman–Crippen LogP) is 3.22. The molecule has 1 aromatic carbocycles. The van der Waals surface area contributed by atoms with Gasteiger partial charge in [0.15, 0.2) is 0 Å². The molecule has 0 radical (unpaired) electrons. The smallest absolute Gasteiger partial charge is 0.243 e. The number of β-lactam (4-membered cyclic amide) rings is 1. The van der Waals surface area contributed by atoms with E-state index in [0.29, 0.717) is 6.54 Å². The zero-order valence-electron chi connectivity index (χ0n) is 15.7. The molecule has 3 rings (SSSR count). The van der Waals surface area contributed by atoms with Crippen LogP contribution in [0.1, 0.15) is 57.1 Å². The van der Waals surface area contributed by atoms with Crippen molar-refractivity contribution in [1.29, 1.82) is 0 Å². The van der Waals surface area contributed by atoms with E-state index in [4.69, 9.17) is 0 Å². The number of aryl methyl sites for hydroxylation is 1. The fourth-order valence-electron chi connectivity index (χ4n) is 4.57. The van der Waals surface area contributed by atoms with Crippen LogP contribution < -0.4 is 5.32 Å². The molecule has 1 aliphatic heterocycles. The molecular weight excluding hydrogens is 312 g/mol. The first-order chi connectivity index (χ1) is 12.0. The highest BCUT2D eigenvalue weighted by Gasteiger charge is 2.63. The molecular formula is C21H30N2O2. The standard InChI is InChI=1S/C21H30N2O2/c1-15(2)23-18(21(20(23)25)11-5-4-6-12-21)19(24)22-13-10-17-9-7-8-16(3)14-17/h7-9,14-15,18H,4-6,10-13H2,1-3H3,(H,22,24). The average Bonchev–Trinajstić information content (AvgIpc) is 2.59. The van der Waals surface area contributed by atoms with Crippen molar-refractivity contribution in [3.8, 4) is 0 Å². The largest absolute Gasteiger partial charge is 0.354 e. The summed E-state index contributed by atoms with van der Waals surface area (Å²) in [7, 11) is 0. The fraction of sp³-hybridized carbons (Fsp3) is 0.619. The Hall–Kier alpha value is -1.84. The normalized spacial score (nSPS) is 22.2. The molecule has 1 saturated carbocycles. The maximum Gasteiger partial charge on any atom is 0.243 e.